The summed E-state index contributed by atoms with van der Waals surface area (Å²) in [5, 5.41) is 0. The van der Waals surface area contributed by atoms with Crippen molar-refractivity contribution in [1.82, 2.24) is 0 Å². The second-order valence-electron chi connectivity index (χ2n) is 3.67. The van der Waals surface area contributed by atoms with Gasteiger partial charge >= 0.3 is 0 Å². The van der Waals surface area contributed by atoms with Gasteiger partial charge in [-0.1, -0.05) is 29.8 Å². The van der Waals surface area contributed by atoms with E-state index in [1.807, 2.05) is 0 Å². The van der Waals surface area contributed by atoms with Crippen LogP contribution in [0.2, 0.25) is 0 Å². The maximum absolute atomic E-state index is 5.42. The molecule has 0 amide bonds. The van der Waals surface area contributed by atoms with Crippen LogP contribution in [-0.2, 0) is 4.74 Å². The Hall–Kier alpha value is 0.440. The number of hydrogen-bond acceptors (Lipinski definition) is 1. The monoisotopic (exact) mass is 220 g/mol. The molecule has 1 fully saturated rings. The van der Waals surface area contributed by atoms with Gasteiger partial charge in [0.15, 0.2) is 0 Å². The Bertz CT molecular complexity index is 108. The summed E-state index contributed by atoms with van der Waals surface area (Å²) in [6.07, 6.45) is 2.56. The van der Waals surface area contributed by atoms with Gasteiger partial charge in [0.2, 0.25) is 0 Å². The minimum atomic E-state index is 0.641. The highest BCUT2D eigenvalue weighted by Gasteiger charge is 2.23. The minimum absolute atomic E-state index is 0.641. The van der Waals surface area contributed by atoms with Gasteiger partial charge in [0.1, 0.15) is 0 Å². The van der Waals surface area contributed by atoms with Crippen LogP contribution in [0.25, 0.3) is 0 Å². The maximum atomic E-state index is 5.42. The fourth-order valence-corrected chi connectivity index (χ4v) is 1.98. The third kappa shape index (κ3) is 2.75. The predicted molar refractivity (Wildman–Crippen MR) is 51.1 cm³/mol. The van der Waals surface area contributed by atoms with Gasteiger partial charge in [-0.05, 0) is 24.7 Å². The molecule has 0 radical (unpaired) electrons. The van der Waals surface area contributed by atoms with Gasteiger partial charge in [0.25, 0.3) is 0 Å². The van der Waals surface area contributed by atoms with Gasteiger partial charge in [-0.3, -0.25) is 0 Å². The lowest BCUT2D eigenvalue weighted by molar-refractivity contribution is 0.0505. The van der Waals surface area contributed by atoms with E-state index >= 15 is 0 Å². The first kappa shape index (κ1) is 9.53. The number of halogens is 1. The fourth-order valence-electron chi connectivity index (χ4n) is 1.56. The van der Waals surface area contributed by atoms with Crippen molar-refractivity contribution >= 4 is 15.9 Å². The summed E-state index contributed by atoms with van der Waals surface area (Å²) in [4.78, 5) is 0.641. The molecule has 2 atom stereocenters. The van der Waals surface area contributed by atoms with Crippen molar-refractivity contribution in [3.05, 3.63) is 0 Å². The number of hydrogen-bond donors (Lipinski definition) is 0. The Labute approximate surface area is 77.6 Å². The molecule has 1 aliphatic heterocycles. The molecule has 1 rings (SSSR count). The number of rotatable bonds is 2. The zero-order chi connectivity index (χ0) is 8.27. The molecule has 1 saturated heterocycles. The Morgan fingerprint density at radius 1 is 1.45 bits per heavy atom. The smallest absolute Gasteiger partial charge is 0.0505 e. The van der Waals surface area contributed by atoms with Crippen LogP contribution in [0.1, 0.15) is 26.7 Å². The second kappa shape index (κ2) is 4.46. The fraction of sp³-hybridized carbons (Fsp3) is 1.00. The molecule has 11 heavy (non-hydrogen) atoms. The molecule has 0 bridgehead atoms. The van der Waals surface area contributed by atoms with Crippen LogP contribution >= 0.6 is 15.9 Å². The largest absolute Gasteiger partial charge is 0.381 e. The van der Waals surface area contributed by atoms with Crippen molar-refractivity contribution in [2.24, 2.45) is 11.8 Å². The molecule has 0 saturated carbocycles. The summed E-state index contributed by atoms with van der Waals surface area (Å²) in [5.41, 5.74) is 0. The standard InChI is InChI=1S/C9H17BrO/c1-7(2)9(10)8-4-3-5-11-6-8/h7-9H,3-6H2,1-2H3. The van der Waals surface area contributed by atoms with E-state index in [2.05, 4.69) is 29.8 Å². The van der Waals surface area contributed by atoms with E-state index in [0.29, 0.717) is 4.83 Å². The molecule has 0 aromatic carbocycles. The van der Waals surface area contributed by atoms with E-state index in [1.54, 1.807) is 0 Å². The van der Waals surface area contributed by atoms with Crippen molar-refractivity contribution in [3.8, 4) is 0 Å². The van der Waals surface area contributed by atoms with Crippen LogP contribution in [0, 0.1) is 11.8 Å². The molecule has 66 valence electrons. The number of alkyl halides is 1. The highest BCUT2D eigenvalue weighted by molar-refractivity contribution is 9.09. The average Bonchev–Trinajstić information content (AvgIpc) is 2.05. The van der Waals surface area contributed by atoms with Gasteiger partial charge in [-0.2, -0.15) is 0 Å². The second-order valence-corrected chi connectivity index (χ2v) is 4.72. The molecule has 0 aliphatic carbocycles. The first-order valence-electron chi connectivity index (χ1n) is 4.43. The SMILES string of the molecule is CC(C)C(Br)C1CCCOC1. The van der Waals surface area contributed by atoms with Crippen LogP contribution in [0.15, 0.2) is 0 Å². The Morgan fingerprint density at radius 2 is 2.18 bits per heavy atom. The average molecular weight is 221 g/mol. The number of ether oxygens (including phenoxy) is 1. The van der Waals surface area contributed by atoms with E-state index in [-0.39, 0.29) is 0 Å². The van der Waals surface area contributed by atoms with Crippen LogP contribution in [0.4, 0.5) is 0 Å². The molecule has 0 aromatic heterocycles. The quantitative estimate of drug-likeness (QED) is 0.651. The van der Waals surface area contributed by atoms with Gasteiger partial charge in [0, 0.05) is 11.4 Å². The molecule has 0 spiro atoms. The lowest BCUT2D eigenvalue weighted by Gasteiger charge is -2.28. The summed E-state index contributed by atoms with van der Waals surface area (Å²) in [5.74, 6) is 1.46. The van der Waals surface area contributed by atoms with Crippen LogP contribution < -0.4 is 0 Å². The van der Waals surface area contributed by atoms with Gasteiger partial charge < -0.3 is 4.74 Å². The molecular weight excluding hydrogens is 204 g/mol. The van der Waals surface area contributed by atoms with E-state index in [9.17, 15) is 0 Å². The highest BCUT2D eigenvalue weighted by atomic mass is 79.9. The van der Waals surface area contributed by atoms with Crippen molar-refractivity contribution in [2.75, 3.05) is 13.2 Å². The van der Waals surface area contributed by atoms with E-state index < -0.39 is 0 Å². The van der Waals surface area contributed by atoms with Gasteiger partial charge in [-0.25, -0.2) is 0 Å². The third-order valence-corrected chi connectivity index (χ3v) is 4.09. The van der Waals surface area contributed by atoms with Crippen molar-refractivity contribution in [3.63, 3.8) is 0 Å². The zero-order valence-corrected chi connectivity index (χ0v) is 8.93. The lowest BCUT2D eigenvalue weighted by atomic mass is 9.92. The van der Waals surface area contributed by atoms with Crippen molar-refractivity contribution < 1.29 is 4.74 Å². The predicted octanol–water partition coefficient (Wildman–Crippen LogP) is 2.83. The van der Waals surface area contributed by atoms with E-state index in [0.717, 1.165) is 25.0 Å². The van der Waals surface area contributed by atoms with E-state index in [4.69, 9.17) is 4.74 Å². The first-order chi connectivity index (χ1) is 5.22. The van der Waals surface area contributed by atoms with E-state index in [1.165, 1.54) is 12.8 Å². The molecule has 1 heterocycles. The molecule has 1 nitrogen and oxygen atoms in total. The third-order valence-electron chi connectivity index (χ3n) is 2.28. The molecule has 2 unspecified atom stereocenters. The normalized spacial score (nSPS) is 28.9. The summed E-state index contributed by atoms with van der Waals surface area (Å²) in [6.45, 7) is 6.43. The Balaban J connectivity index is 2.32. The van der Waals surface area contributed by atoms with Crippen molar-refractivity contribution in [2.45, 2.75) is 31.5 Å². The summed E-state index contributed by atoms with van der Waals surface area (Å²) in [7, 11) is 0. The van der Waals surface area contributed by atoms with Crippen LogP contribution in [0.3, 0.4) is 0 Å². The Kier molecular flexibility index (Phi) is 3.86. The van der Waals surface area contributed by atoms with Gasteiger partial charge in [-0.15, -0.1) is 0 Å². The highest BCUT2D eigenvalue weighted by Crippen LogP contribution is 2.27. The van der Waals surface area contributed by atoms with Gasteiger partial charge in [0.05, 0.1) is 6.61 Å². The summed E-state index contributed by atoms with van der Waals surface area (Å²) in [6, 6.07) is 0. The molecular formula is C9H17BrO. The molecule has 0 N–H and O–H groups in total. The Morgan fingerprint density at radius 3 is 2.64 bits per heavy atom. The summed E-state index contributed by atoms with van der Waals surface area (Å²) >= 11 is 3.72. The zero-order valence-electron chi connectivity index (χ0n) is 7.35. The van der Waals surface area contributed by atoms with Crippen molar-refractivity contribution in [1.29, 1.82) is 0 Å². The molecule has 2 heteroatoms. The topological polar surface area (TPSA) is 9.23 Å². The minimum Gasteiger partial charge on any atom is -0.381 e. The van der Waals surface area contributed by atoms with Crippen LogP contribution in [-0.4, -0.2) is 18.0 Å². The molecule has 1 aliphatic rings. The first-order valence-corrected chi connectivity index (χ1v) is 5.35. The molecule has 0 aromatic rings. The van der Waals surface area contributed by atoms with Crippen LogP contribution in [0.5, 0.6) is 0 Å². The lowest BCUT2D eigenvalue weighted by Crippen LogP contribution is -2.28. The summed E-state index contributed by atoms with van der Waals surface area (Å²) < 4.78 is 5.42. The maximum Gasteiger partial charge on any atom is 0.0505 e.